The summed E-state index contributed by atoms with van der Waals surface area (Å²) in [6, 6.07) is -2.56. The summed E-state index contributed by atoms with van der Waals surface area (Å²) < 4.78 is 21.1. The fourth-order valence-electron chi connectivity index (χ4n) is 4.40. The number of hydrogen-bond donors (Lipinski definition) is 7. The minimum Gasteiger partial charge on any atom is -0.481 e. The van der Waals surface area contributed by atoms with Gasteiger partial charge < -0.3 is 60.6 Å². The van der Waals surface area contributed by atoms with Gasteiger partial charge in [0.25, 0.3) is 0 Å². The first-order valence-electron chi connectivity index (χ1n) is 17.9. The Kier molecular flexibility index (Phi) is 32.4. The lowest BCUT2D eigenvalue weighted by Crippen LogP contribution is -2.52. The third kappa shape index (κ3) is 30.3. The molecule has 0 aliphatic heterocycles. The van der Waals surface area contributed by atoms with Crippen LogP contribution in [0, 0.1) is 0 Å². The van der Waals surface area contributed by atoms with E-state index < -0.39 is 67.3 Å². The van der Waals surface area contributed by atoms with Gasteiger partial charge >= 0.3 is 11.9 Å². The molecular formula is C33H53Br2ClN6O15. The molecule has 6 amide bonds. The number of carboxylic acid groups (broad SMARTS) is 2. The molecule has 0 bridgehead atoms. The predicted molar refractivity (Wildman–Crippen MR) is 209 cm³/mol. The van der Waals surface area contributed by atoms with Crippen LogP contribution in [0.2, 0.25) is 0 Å². The van der Waals surface area contributed by atoms with E-state index in [1.54, 1.807) is 0 Å². The number of rotatable bonds is 36. The van der Waals surface area contributed by atoms with Crippen LogP contribution in [0.4, 0.5) is 0 Å². The number of carbonyl (C=O) groups excluding carboxylic acids is 7. The van der Waals surface area contributed by atoms with Gasteiger partial charge in [-0.3, -0.25) is 38.4 Å². The zero-order valence-corrected chi connectivity index (χ0v) is 35.4. The highest BCUT2D eigenvalue weighted by atomic mass is 79.9. The minimum atomic E-state index is -1.33. The first kappa shape index (κ1) is 53.5. The number of amides is 6. The summed E-state index contributed by atoms with van der Waals surface area (Å²) in [5, 5.41) is 31.2. The lowest BCUT2D eigenvalue weighted by atomic mass is 10.1. The number of halogens is 3. The highest BCUT2D eigenvalue weighted by Crippen LogP contribution is 2.05. The van der Waals surface area contributed by atoms with Gasteiger partial charge in [0.15, 0.2) is 0 Å². The molecular weight excluding hydrogens is 916 g/mol. The van der Waals surface area contributed by atoms with Crippen molar-refractivity contribution in [3.05, 3.63) is 0 Å². The Morgan fingerprint density at radius 1 is 0.579 bits per heavy atom. The third-order valence-electron chi connectivity index (χ3n) is 7.21. The van der Waals surface area contributed by atoms with E-state index in [1.807, 2.05) is 0 Å². The van der Waals surface area contributed by atoms with Crippen molar-refractivity contribution in [2.24, 2.45) is 0 Å². The Morgan fingerprint density at radius 3 is 1.58 bits per heavy atom. The molecule has 0 saturated carbocycles. The maximum Gasteiger partial charge on any atom is 0.326 e. The van der Waals surface area contributed by atoms with Crippen LogP contribution in [0.1, 0.15) is 38.5 Å². The predicted octanol–water partition coefficient (Wildman–Crippen LogP) is -1.69. The van der Waals surface area contributed by atoms with Gasteiger partial charge in [0.1, 0.15) is 31.1 Å². The Hall–Kier alpha value is -3.48. The molecule has 57 heavy (non-hydrogen) atoms. The van der Waals surface area contributed by atoms with E-state index in [-0.39, 0.29) is 119 Å². The minimum absolute atomic E-state index is 0.0219. The molecule has 0 saturated heterocycles. The normalized spacial score (nSPS) is 11.8. The fraction of sp³-hybridized carbons (Fsp3) is 0.727. The lowest BCUT2D eigenvalue weighted by molar-refractivity contribution is -0.143. The molecule has 7 N–H and O–H groups in total. The molecule has 0 spiro atoms. The summed E-state index contributed by atoms with van der Waals surface area (Å²) >= 11 is 11.5. The van der Waals surface area contributed by atoms with Crippen molar-refractivity contribution >= 4 is 96.6 Å². The van der Waals surface area contributed by atoms with Crippen LogP contribution in [0.15, 0.2) is 0 Å². The van der Waals surface area contributed by atoms with Crippen molar-refractivity contribution in [3.8, 4) is 0 Å². The van der Waals surface area contributed by atoms with Gasteiger partial charge in [0.2, 0.25) is 35.4 Å². The summed E-state index contributed by atoms with van der Waals surface area (Å²) in [6.45, 7) is -0.0412. The molecule has 0 heterocycles. The Bertz CT molecular complexity index is 1260. The van der Waals surface area contributed by atoms with E-state index in [0.29, 0.717) is 19.4 Å². The standard InChI is InChI=1S/C33H53Br2ClN6O15/c34-18-27(45)37-7-10-42(11-8-38-28(46)19-35)32(51)24(4-6-31(49)50)40-29(47)21-57-17-15-55-13-9-39-26(44)5-3-25(33(52)53)41-30(48)22-56-16-14-54-12-1-2-23(43)20-36/h24-25H,1-22H2,(H,37,45)(H,38,46)(H,39,44)(H,40,47)(H,41,48)(H,49,50)(H,52,53)/t24-,25?/m0/s1. The summed E-state index contributed by atoms with van der Waals surface area (Å²) in [5.74, 6) is -5.78. The number of ketones is 1. The number of alkyl halides is 3. The van der Waals surface area contributed by atoms with Crippen LogP contribution in [-0.2, 0) is 62.1 Å². The molecule has 24 heteroatoms. The highest BCUT2D eigenvalue weighted by Gasteiger charge is 2.27. The molecule has 0 rings (SSSR count). The molecule has 0 fully saturated rings. The maximum absolute atomic E-state index is 13.4. The van der Waals surface area contributed by atoms with E-state index in [1.165, 1.54) is 4.90 Å². The Labute approximate surface area is 351 Å². The monoisotopic (exact) mass is 966 g/mol. The SMILES string of the molecule is O=C(O)CC[C@H](NC(=O)COCCOCCNC(=O)CCC(NC(=O)COCCOCCCC(=O)CCl)C(=O)O)C(=O)N(CCNC(=O)CBr)CCNC(=O)CBr. The average molecular weight is 969 g/mol. The van der Waals surface area contributed by atoms with E-state index in [9.17, 15) is 53.4 Å². The Morgan fingerprint density at radius 2 is 1.07 bits per heavy atom. The number of Topliss-reactive ketones (excluding diaryl/α,β-unsaturated/α-hetero) is 1. The lowest BCUT2D eigenvalue weighted by Gasteiger charge is -2.28. The Balaban J connectivity index is 4.52. The van der Waals surface area contributed by atoms with Crippen molar-refractivity contribution in [2.45, 2.75) is 50.6 Å². The van der Waals surface area contributed by atoms with Crippen LogP contribution < -0.4 is 26.6 Å². The molecule has 0 aromatic carbocycles. The topological polar surface area (TPSA) is 294 Å². The van der Waals surface area contributed by atoms with Crippen molar-refractivity contribution < 1.29 is 72.3 Å². The molecule has 0 aromatic rings. The second-order valence-electron chi connectivity index (χ2n) is 11.8. The molecule has 0 radical (unpaired) electrons. The summed E-state index contributed by atoms with van der Waals surface area (Å²) in [6.07, 6.45) is -0.229. The molecule has 0 aliphatic carbocycles. The molecule has 0 aliphatic rings. The van der Waals surface area contributed by atoms with E-state index >= 15 is 0 Å². The third-order valence-corrected chi connectivity index (χ3v) is 8.52. The number of ether oxygens (including phenoxy) is 4. The van der Waals surface area contributed by atoms with E-state index in [4.69, 9.17) is 30.5 Å². The maximum atomic E-state index is 13.4. The quantitative estimate of drug-likeness (QED) is 0.0272. The molecule has 0 aromatic heterocycles. The second kappa shape index (κ2) is 34.6. The molecule has 2 atom stereocenters. The average Bonchev–Trinajstić information content (AvgIpc) is 3.18. The van der Waals surface area contributed by atoms with E-state index in [2.05, 4.69) is 58.4 Å². The first-order chi connectivity index (χ1) is 27.2. The number of carboxylic acids is 2. The summed E-state index contributed by atoms with van der Waals surface area (Å²) in [5.41, 5.74) is 0. The van der Waals surface area contributed by atoms with Gasteiger partial charge in [-0.15, -0.1) is 11.6 Å². The fourth-order valence-corrected chi connectivity index (χ4v) is 4.93. The number of nitrogens with zero attached hydrogens (tertiary/aromatic N) is 1. The largest absolute Gasteiger partial charge is 0.481 e. The van der Waals surface area contributed by atoms with Gasteiger partial charge in [-0.05, 0) is 19.3 Å². The van der Waals surface area contributed by atoms with Gasteiger partial charge in [-0.25, -0.2) is 4.79 Å². The molecule has 21 nitrogen and oxygen atoms in total. The van der Waals surface area contributed by atoms with Gasteiger partial charge in [-0.1, -0.05) is 31.9 Å². The summed E-state index contributed by atoms with van der Waals surface area (Å²) in [7, 11) is 0. The van der Waals surface area contributed by atoms with Crippen molar-refractivity contribution in [2.75, 3.05) is 102 Å². The zero-order valence-electron chi connectivity index (χ0n) is 31.5. The second-order valence-corrected chi connectivity index (χ2v) is 13.2. The number of aliphatic carboxylic acids is 2. The van der Waals surface area contributed by atoms with Crippen LogP contribution in [0.3, 0.4) is 0 Å². The van der Waals surface area contributed by atoms with Crippen molar-refractivity contribution in [1.82, 2.24) is 31.5 Å². The van der Waals surface area contributed by atoms with Gasteiger partial charge in [-0.2, -0.15) is 0 Å². The van der Waals surface area contributed by atoms with Crippen LogP contribution in [0.25, 0.3) is 0 Å². The van der Waals surface area contributed by atoms with Crippen molar-refractivity contribution in [3.63, 3.8) is 0 Å². The number of nitrogens with one attached hydrogen (secondary N) is 5. The zero-order chi connectivity index (χ0) is 42.8. The van der Waals surface area contributed by atoms with Crippen LogP contribution >= 0.6 is 43.5 Å². The summed E-state index contributed by atoms with van der Waals surface area (Å²) in [4.78, 5) is 109. The molecule has 1 unspecified atom stereocenters. The first-order valence-corrected chi connectivity index (χ1v) is 20.6. The van der Waals surface area contributed by atoms with Gasteiger partial charge in [0.05, 0.1) is 49.6 Å². The smallest absolute Gasteiger partial charge is 0.326 e. The number of carbonyl (C=O) groups is 9. The number of hydrogen-bond acceptors (Lipinski definition) is 13. The van der Waals surface area contributed by atoms with Gasteiger partial charge in [0, 0.05) is 58.6 Å². The highest BCUT2D eigenvalue weighted by molar-refractivity contribution is 9.09. The van der Waals surface area contributed by atoms with Crippen LogP contribution in [0.5, 0.6) is 0 Å². The van der Waals surface area contributed by atoms with Crippen LogP contribution in [-0.4, -0.2) is 182 Å². The van der Waals surface area contributed by atoms with E-state index in [0.717, 1.165) is 0 Å². The molecule has 326 valence electrons. The van der Waals surface area contributed by atoms with Crippen molar-refractivity contribution in [1.29, 1.82) is 0 Å².